The lowest BCUT2D eigenvalue weighted by Crippen LogP contribution is -2.59. The molecule has 1 aliphatic carbocycles. The molecule has 0 aromatic carbocycles. The molecule has 0 spiro atoms. The number of aliphatic hydroxyl groups excluding tert-OH is 1. The van der Waals surface area contributed by atoms with Gasteiger partial charge in [-0.1, -0.05) is 0 Å². The van der Waals surface area contributed by atoms with Gasteiger partial charge in [0.15, 0.2) is 0 Å². The largest absolute Gasteiger partial charge is 0.551 e. The minimum absolute atomic E-state index is 0.120. The summed E-state index contributed by atoms with van der Waals surface area (Å²) in [6.45, 7) is 1.17. The molecule has 0 heterocycles. The van der Waals surface area contributed by atoms with Crippen LogP contribution in [-0.2, 0) is 47.4 Å². The fourth-order valence-electron chi connectivity index (χ4n) is 3.86. The van der Waals surface area contributed by atoms with E-state index in [0.717, 1.165) is 13.0 Å². The van der Waals surface area contributed by atoms with Gasteiger partial charge in [0, 0.05) is 25.5 Å². The Morgan fingerprint density at radius 3 is 1.86 bits per heavy atom. The third-order valence-electron chi connectivity index (χ3n) is 6.26. The Hall–Kier alpha value is -5.24. The number of carboxylic acid groups (broad SMARTS) is 2. The molecule has 272 valence electrons. The number of amides is 6. The monoisotopic (exact) mass is 717 g/mol. The number of aliphatic hydroxyl groups is 1. The quantitative estimate of drug-likeness (QED) is 0.0439. The number of nitrogens with two attached hydrogens (primary N) is 1. The van der Waals surface area contributed by atoms with Crippen molar-refractivity contribution in [2.75, 3.05) is 6.61 Å². The summed E-state index contributed by atoms with van der Waals surface area (Å²) in [6.07, 6.45) is 3.93. The second kappa shape index (κ2) is 19.5. The van der Waals surface area contributed by atoms with Crippen LogP contribution in [0.15, 0.2) is 35.6 Å². The number of primary amides is 1. The standard InChI is InChI=1S/C27H38N6O15P/c1-13(29-14(2)34)23(39)33-20(12-48-49(45,46)47)26(42)31-17(7-9-21(28)36)24(40)30-18(8-10-22(37)38)25(41)32-19(27(43)44)11-15-3-5-16(35)6-4-15/h3-6,11,13,17-20,35H,7-10,12H2,1-2H3,(H2,28,36)(H,29,34)(H,30,40)(H,31,42)(H,32,41)(H,33,39)(H,37,38)(H,43,44)(H2,45,46,47)/q-1/t13-,17-,18-,19-,20-/m0/s1. The molecule has 21 nitrogen and oxygen atoms in total. The summed E-state index contributed by atoms with van der Waals surface area (Å²) in [6, 6.07) is -8.32. The number of carboxylic acids is 2. The Morgan fingerprint density at radius 1 is 0.857 bits per heavy atom. The van der Waals surface area contributed by atoms with Gasteiger partial charge in [0.25, 0.3) is 0 Å². The Morgan fingerprint density at radius 2 is 1.39 bits per heavy atom. The molecule has 12 N–H and O–H groups in total. The number of allylic oxidation sites excluding steroid dienone is 4. The van der Waals surface area contributed by atoms with E-state index in [-0.39, 0.29) is 11.3 Å². The SMILES string of the molecule is CC(=O)N[C@@H](C)C(=O)N[C@@H](COP(=O)(O)O)C(=O)N[C@@H](CCC(N)=O)C(=O)N[C@@H](CCC(=O)O)C(=O)N[C@@H](/C=C1/C=CC(O)=C[CH-]1)C(=O)O. The van der Waals surface area contributed by atoms with Crippen LogP contribution in [0.4, 0.5) is 0 Å². The van der Waals surface area contributed by atoms with E-state index in [1.807, 2.05) is 0 Å². The molecule has 6 amide bonds. The van der Waals surface area contributed by atoms with Crippen molar-refractivity contribution < 1.29 is 72.6 Å². The van der Waals surface area contributed by atoms with Gasteiger partial charge < -0.3 is 57.4 Å². The van der Waals surface area contributed by atoms with Gasteiger partial charge in [-0.25, -0.2) is 4.57 Å². The van der Waals surface area contributed by atoms with Crippen LogP contribution >= 0.6 is 7.82 Å². The first-order chi connectivity index (χ1) is 22.7. The van der Waals surface area contributed by atoms with Gasteiger partial charge in [-0.3, -0.25) is 42.9 Å². The number of phosphoric acid groups is 1. The Labute approximate surface area is 278 Å². The van der Waals surface area contributed by atoms with Crippen LogP contribution in [0.25, 0.3) is 0 Å². The molecule has 0 aliphatic heterocycles. The molecule has 0 bridgehead atoms. The van der Waals surface area contributed by atoms with Gasteiger partial charge in [0.05, 0.1) is 6.61 Å². The molecule has 0 unspecified atom stereocenters. The number of carbonyl (C=O) groups is 8. The van der Waals surface area contributed by atoms with Crippen LogP contribution in [-0.4, -0.2) is 109 Å². The van der Waals surface area contributed by atoms with Crippen LogP contribution in [0, 0.1) is 6.42 Å². The first-order valence-electron chi connectivity index (χ1n) is 14.2. The van der Waals surface area contributed by atoms with E-state index >= 15 is 0 Å². The summed E-state index contributed by atoms with van der Waals surface area (Å²) in [5.41, 5.74) is 5.43. The van der Waals surface area contributed by atoms with Crippen LogP contribution in [0.2, 0.25) is 0 Å². The molecule has 0 saturated carbocycles. The number of carbonyl (C=O) groups excluding carboxylic acids is 6. The number of rotatable bonds is 20. The predicted octanol–water partition coefficient (Wildman–Crippen LogP) is -3.08. The average molecular weight is 718 g/mol. The summed E-state index contributed by atoms with van der Waals surface area (Å²) in [7, 11) is -5.21. The molecular weight excluding hydrogens is 679 g/mol. The lowest BCUT2D eigenvalue weighted by atomic mass is 10.0. The lowest BCUT2D eigenvalue weighted by molar-refractivity contribution is -0.142. The zero-order chi connectivity index (χ0) is 37.5. The second-order valence-electron chi connectivity index (χ2n) is 10.4. The van der Waals surface area contributed by atoms with Gasteiger partial charge >= 0.3 is 19.8 Å². The van der Waals surface area contributed by atoms with E-state index in [4.69, 9.17) is 20.6 Å². The summed E-state index contributed by atoms with van der Waals surface area (Å²) in [5, 5.41) is 39.0. The van der Waals surface area contributed by atoms with Crippen molar-refractivity contribution in [3.05, 3.63) is 42.1 Å². The van der Waals surface area contributed by atoms with Gasteiger partial charge in [-0.05, 0) is 19.8 Å². The molecule has 0 saturated heterocycles. The van der Waals surface area contributed by atoms with Crippen molar-refractivity contribution >= 4 is 55.2 Å². The Kier molecular flexibility index (Phi) is 16.7. The van der Waals surface area contributed by atoms with Crippen molar-refractivity contribution in [2.24, 2.45) is 5.73 Å². The summed E-state index contributed by atoms with van der Waals surface area (Å²) < 4.78 is 15.6. The van der Waals surface area contributed by atoms with E-state index in [9.17, 15) is 53.1 Å². The number of hydrogen-bond acceptors (Lipinski definition) is 11. The maximum Gasteiger partial charge on any atom is 0.469 e. The van der Waals surface area contributed by atoms with E-state index in [1.54, 1.807) is 0 Å². The van der Waals surface area contributed by atoms with Gasteiger partial charge in [0.1, 0.15) is 30.2 Å². The molecule has 0 fully saturated rings. The van der Waals surface area contributed by atoms with Crippen molar-refractivity contribution in [1.29, 1.82) is 0 Å². The maximum absolute atomic E-state index is 13.3. The average Bonchev–Trinajstić information content (AvgIpc) is 2.98. The lowest BCUT2D eigenvalue weighted by Gasteiger charge is -2.26. The number of phosphoric ester groups is 1. The molecule has 49 heavy (non-hydrogen) atoms. The fourth-order valence-corrected chi connectivity index (χ4v) is 4.21. The first-order valence-corrected chi connectivity index (χ1v) is 15.8. The number of aliphatic carboxylic acids is 2. The van der Waals surface area contributed by atoms with E-state index < -0.39 is 118 Å². The Bertz CT molecular complexity index is 1440. The van der Waals surface area contributed by atoms with Crippen molar-refractivity contribution in [1.82, 2.24) is 26.6 Å². The van der Waals surface area contributed by atoms with Crippen molar-refractivity contribution in [3.8, 4) is 0 Å². The van der Waals surface area contributed by atoms with Crippen LogP contribution < -0.4 is 32.3 Å². The molecule has 0 aromatic heterocycles. The minimum atomic E-state index is -5.21. The van der Waals surface area contributed by atoms with E-state index in [1.165, 1.54) is 31.6 Å². The number of nitrogens with one attached hydrogen (secondary N) is 5. The predicted molar refractivity (Wildman–Crippen MR) is 164 cm³/mol. The highest BCUT2D eigenvalue weighted by atomic mass is 31.2. The molecule has 0 radical (unpaired) electrons. The van der Waals surface area contributed by atoms with E-state index in [0.29, 0.717) is 0 Å². The highest BCUT2D eigenvalue weighted by Gasteiger charge is 2.33. The first kappa shape index (κ1) is 41.8. The van der Waals surface area contributed by atoms with E-state index in [2.05, 4.69) is 31.1 Å². The summed E-state index contributed by atoms with van der Waals surface area (Å²) in [5.74, 6) is -9.31. The number of hydrogen-bond donors (Lipinski definition) is 11. The van der Waals surface area contributed by atoms with Gasteiger partial charge in [-0.2, -0.15) is 0 Å². The zero-order valence-electron chi connectivity index (χ0n) is 26.2. The summed E-state index contributed by atoms with van der Waals surface area (Å²) >= 11 is 0. The highest BCUT2D eigenvalue weighted by Crippen LogP contribution is 2.35. The molecule has 1 aliphatic rings. The molecule has 1 rings (SSSR count). The van der Waals surface area contributed by atoms with Crippen molar-refractivity contribution in [2.45, 2.75) is 69.7 Å². The van der Waals surface area contributed by atoms with Crippen LogP contribution in [0.5, 0.6) is 0 Å². The van der Waals surface area contributed by atoms with Crippen molar-refractivity contribution in [3.63, 3.8) is 0 Å². The molecule has 22 heteroatoms. The molecule has 0 aromatic rings. The third kappa shape index (κ3) is 16.9. The minimum Gasteiger partial charge on any atom is -0.551 e. The highest BCUT2D eigenvalue weighted by molar-refractivity contribution is 7.46. The smallest absolute Gasteiger partial charge is 0.469 e. The normalized spacial score (nSPS) is 16.3. The Balaban J connectivity index is 3.29. The second-order valence-corrected chi connectivity index (χ2v) is 11.7. The molecular formula is C27H38N6O15P-. The van der Waals surface area contributed by atoms with Crippen LogP contribution in [0.3, 0.4) is 0 Å². The van der Waals surface area contributed by atoms with Gasteiger partial charge in [-0.15, -0.1) is 36.3 Å². The summed E-state index contributed by atoms with van der Waals surface area (Å²) in [4.78, 5) is 116. The topological polar surface area (TPSA) is 350 Å². The van der Waals surface area contributed by atoms with Gasteiger partial charge in [0.2, 0.25) is 35.4 Å². The zero-order valence-corrected chi connectivity index (χ0v) is 27.0. The fraction of sp³-hybridized carbons (Fsp3) is 0.444. The third-order valence-corrected chi connectivity index (χ3v) is 6.75. The maximum atomic E-state index is 13.3. The van der Waals surface area contributed by atoms with Crippen LogP contribution in [0.1, 0.15) is 39.5 Å². The molecule has 5 atom stereocenters.